The fraction of sp³-hybridized carbons (Fsp3) is 1.00. The third-order valence-corrected chi connectivity index (χ3v) is 13.7. The predicted molar refractivity (Wildman–Crippen MR) is 264 cm³/mol. The van der Waals surface area contributed by atoms with Gasteiger partial charge in [0.15, 0.2) is 0 Å². The van der Waals surface area contributed by atoms with Crippen LogP contribution in [-0.2, 0) is 0 Å². The molecule has 348 valence electrons. The van der Waals surface area contributed by atoms with Gasteiger partial charge in [-0.1, -0.05) is 259 Å². The van der Waals surface area contributed by atoms with Crippen LogP contribution >= 0.6 is 0 Å². The number of unbranched alkanes of at least 4 members (excludes halogenated alkanes) is 36. The lowest BCUT2D eigenvalue weighted by molar-refractivity contribution is -0.0243. The average Bonchev–Trinajstić information content (AvgIpc) is 3.24. The summed E-state index contributed by atoms with van der Waals surface area (Å²) in [6.45, 7) is 20.7. The van der Waals surface area contributed by atoms with Crippen LogP contribution in [0.15, 0.2) is 0 Å². The average molecular weight is 818 g/mol. The van der Waals surface area contributed by atoms with E-state index in [9.17, 15) is 0 Å². The Labute approximate surface area is 368 Å². The second-order valence-corrected chi connectivity index (χ2v) is 19.3. The summed E-state index contributed by atoms with van der Waals surface area (Å²) in [6, 6.07) is 0. The first kappa shape index (κ1) is 55.9. The Balaban J connectivity index is 2.64. The van der Waals surface area contributed by atoms with Gasteiger partial charge in [0.05, 0.1) is 6.17 Å². The second-order valence-electron chi connectivity index (χ2n) is 19.3. The topological polar surface area (TPSA) is 21.8 Å². The molecule has 0 radical (unpaired) electrons. The van der Waals surface area contributed by atoms with Crippen molar-refractivity contribution in [2.45, 2.75) is 291 Å². The van der Waals surface area contributed by atoms with Crippen LogP contribution in [0.25, 0.3) is 0 Å². The second kappa shape index (κ2) is 46.3. The van der Waals surface area contributed by atoms with Crippen molar-refractivity contribution in [2.75, 3.05) is 58.9 Å². The molecule has 1 saturated heterocycles. The molecule has 0 amide bonds. The molecule has 58 heavy (non-hydrogen) atoms. The Kier molecular flexibility index (Phi) is 44.6. The van der Waals surface area contributed by atoms with Crippen molar-refractivity contribution in [3.05, 3.63) is 0 Å². The van der Waals surface area contributed by atoms with Crippen LogP contribution in [0, 0.1) is 0 Å². The summed E-state index contributed by atoms with van der Waals surface area (Å²) < 4.78 is 0. The van der Waals surface area contributed by atoms with E-state index in [1.54, 1.807) is 0 Å². The lowest BCUT2D eigenvalue weighted by Crippen LogP contribution is -2.61. The maximum absolute atomic E-state index is 3.86. The van der Waals surface area contributed by atoms with Crippen LogP contribution in [0.1, 0.15) is 285 Å². The molecule has 0 aromatic rings. The molecule has 1 heterocycles. The van der Waals surface area contributed by atoms with Crippen molar-refractivity contribution in [3.63, 3.8) is 0 Å². The largest absolute Gasteiger partial charge is 0.315 e. The Hall–Kier alpha value is -0.160. The van der Waals surface area contributed by atoms with Gasteiger partial charge in [0.2, 0.25) is 0 Å². The third kappa shape index (κ3) is 36.5. The summed E-state index contributed by atoms with van der Waals surface area (Å²) in [5.41, 5.74) is 0. The van der Waals surface area contributed by atoms with Gasteiger partial charge in [-0.25, -0.2) is 0 Å². The Morgan fingerprint density at radius 2 is 0.672 bits per heavy atom. The molecule has 0 spiro atoms. The zero-order valence-corrected chi connectivity index (χ0v) is 41.1. The molecular weight excluding hydrogens is 705 g/mol. The van der Waals surface area contributed by atoms with Crippen molar-refractivity contribution in [3.8, 4) is 0 Å². The number of nitrogens with one attached hydrogen (secondary N) is 1. The number of rotatable bonds is 48. The summed E-state index contributed by atoms with van der Waals surface area (Å²) >= 11 is 0. The molecule has 0 aromatic carbocycles. The molecule has 1 aliphatic heterocycles. The van der Waals surface area contributed by atoms with Crippen LogP contribution in [0.2, 0.25) is 0 Å². The highest BCUT2D eigenvalue weighted by molar-refractivity contribution is 4.84. The number of hydrogen-bond acceptors (Lipinski definition) is 4. The summed E-state index contributed by atoms with van der Waals surface area (Å²) in [5.74, 6) is 0. The van der Waals surface area contributed by atoms with E-state index in [1.165, 1.54) is 316 Å². The highest BCUT2D eigenvalue weighted by Gasteiger charge is 2.30. The molecule has 1 fully saturated rings. The van der Waals surface area contributed by atoms with E-state index in [-0.39, 0.29) is 0 Å². The van der Waals surface area contributed by atoms with Gasteiger partial charge in [-0.05, 0) is 51.9 Å². The van der Waals surface area contributed by atoms with Gasteiger partial charge in [-0.3, -0.25) is 14.7 Å². The first-order chi connectivity index (χ1) is 28.8. The van der Waals surface area contributed by atoms with Gasteiger partial charge in [0.25, 0.3) is 0 Å². The predicted octanol–water partition coefficient (Wildman–Crippen LogP) is 16.5. The van der Waals surface area contributed by atoms with E-state index >= 15 is 0 Å². The van der Waals surface area contributed by atoms with E-state index in [0.717, 1.165) is 0 Å². The molecule has 1 atom stereocenters. The third-order valence-electron chi connectivity index (χ3n) is 13.7. The Bertz CT molecular complexity index is 759. The van der Waals surface area contributed by atoms with E-state index in [1.807, 2.05) is 0 Å². The van der Waals surface area contributed by atoms with E-state index in [4.69, 9.17) is 0 Å². The molecule has 1 rings (SSSR count). The maximum Gasteiger partial charge on any atom is 0.0754 e. The lowest BCUT2D eigenvalue weighted by atomic mass is 10.1. The molecule has 0 bridgehead atoms. The Morgan fingerprint density at radius 1 is 0.345 bits per heavy atom. The fourth-order valence-electron chi connectivity index (χ4n) is 9.58. The van der Waals surface area contributed by atoms with Crippen molar-refractivity contribution < 1.29 is 0 Å². The summed E-state index contributed by atoms with van der Waals surface area (Å²) in [5, 5.41) is 3.86. The standard InChI is InChI=1S/C54H112N4/c1-5-9-13-17-21-25-28-32-36-40-44-49-58-52-51-56(50-46-55-45-41-37-33-29-26-22-18-14-10-6-2)53-54(58)57(47-42-38-34-30-24-20-16-12-8-4)48-43-39-35-31-27-23-19-15-11-7-3/h54-55H,5-53H2,1-4H3. The van der Waals surface area contributed by atoms with Gasteiger partial charge in [-0.2, -0.15) is 0 Å². The minimum absolute atomic E-state index is 0.617. The van der Waals surface area contributed by atoms with Crippen LogP contribution in [-0.4, -0.2) is 79.8 Å². The van der Waals surface area contributed by atoms with Crippen LogP contribution < -0.4 is 5.32 Å². The van der Waals surface area contributed by atoms with Crippen LogP contribution in [0.5, 0.6) is 0 Å². The molecule has 1 aliphatic rings. The van der Waals surface area contributed by atoms with Crippen molar-refractivity contribution in [1.82, 2.24) is 20.0 Å². The zero-order valence-electron chi connectivity index (χ0n) is 41.1. The van der Waals surface area contributed by atoms with E-state index in [0.29, 0.717) is 6.17 Å². The van der Waals surface area contributed by atoms with Crippen LogP contribution in [0.4, 0.5) is 0 Å². The molecule has 4 heteroatoms. The van der Waals surface area contributed by atoms with E-state index in [2.05, 4.69) is 47.7 Å². The quantitative estimate of drug-likeness (QED) is 0.0618. The highest BCUT2D eigenvalue weighted by atomic mass is 15.4. The minimum atomic E-state index is 0.617. The monoisotopic (exact) mass is 817 g/mol. The minimum Gasteiger partial charge on any atom is -0.315 e. The molecule has 1 unspecified atom stereocenters. The number of hydrogen-bond donors (Lipinski definition) is 1. The fourth-order valence-corrected chi connectivity index (χ4v) is 9.58. The zero-order chi connectivity index (χ0) is 41.7. The van der Waals surface area contributed by atoms with Crippen LogP contribution in [0.3, 0.4) is 0 Å². The first-order valence-corrected chi connectivity index (χ1v) is 27.7. The van der Waals surface area contributed by atoms with Gasteiger partial charge < -0.3 is 5.32 Å². The van der Waals surface area contributed by atoms with Crippen molar-refractivity contribution >= 4 is 0 Å². The van der Waals surface area contributed by atoms with Gasteiger partial charge in [-0.15, -0.1) is 0 Å². The smallest absolute Gasteiger partial charge is 0.0754 e. The first-order valence-electron chi connectivity index (χ1n) is 27.7. The molecule has 0 aliphatic carbocycles. The van der Waals surface area contributed by atoms with Gasteiger partial charge in [0, 0.05) is 32.7 Å². The van der Waals surface area contributed by atoms with E-state index < -0.39 is 0 Å². The number of piperazine rings is 1. The van der Waals surface area contributed by atoms with Gasteiger partial charge >= 0.3 is 0 Å². The maximum atomic E-state index is 3.86. The molecule has 0 aromatic heterocycles. The SMILES string of the molecule is CCCCCCCCCCCCCN1CCN(CCNCCCCCCCCCCCC)CC1N(CCCCCCCCCCC)CCCCCCCCCCCC. The normalized spacial score (nSPS) is 15.4. The van der Waals surface area contributed by atoms with Crippen molar-refractivity contribution in [2.24, 2.45) is 0 Å². The van der Waals surface area contributed by atoms with Crippen molar-refractivity contribution in [1.29, 1.82) is 0 Å². The highest BCUT2D eigenvalue weighted by Crippen LogP contribution is 2.20. The number of nitrogens with zero attached hydrogens (tertiary/aromatic N) is 3. The molecule has 0 saturated carbocycles. The summed E-state index contributed by atoms with van der Waals surface area (Å²) in [4.78, 5) is 8.81. The molecule has 1 N–H and O–H groups in total. The summed E-state index contributed by atoms with van der Waals surface area (Å²) in [6.07, 6.45) is 58.0. The lowest BCUT2D eigenvalue weighted by Gasteiger charge is -2.47. The Morgan fingerprint density at radius 3 is 1.05 bits per heavy atom. The molecular formula is C54H112N4. The summed E-state index contributed by atoms with van der Waals surface area (Å²) in [7, 11) is 0. The van der Waals surface area contributed by atoms with Gasteiger partial charge in [0.1, 0.15) is 0 Å². The molecule has 4 nitrogen and oxygen atoms in total.